The predicted molar refractivity (Wildman–Crippen MR) is 132 cm³/mol. The molecule has 0 aromatic heterocycles. The van der Waals surface area contributed by atoms with Crippen LogP contribution in [-0.4, -0.2) is 40.3 Å². The molecular weight excluding hydrogens is 466 g/mol. The van der Waals surface area contributed by atoms with Crippen LogP contribution in [-0.2, 0) is 17.6 Å². The first-order valence-corrected chi connectivity index (χ1v) is 11.1. The Hall–Kier alpha value is -4.64. The van der Waals surface area contributed by atoms with E-state index in [0.717, 1.165) is 29.3 Å². The highest BCUT2D eigenvalue weighted by Gasteiger charge is 2.25. The second-order valence-electron chi connectivity index (χ2n) is 8.16. The van der Waals surface area contributed by atoms with E-state index in [1.54, 1.807) is 24.3 Å². The summed E-state index contributed by atoms with van der Waals surface area (Å²) in [5.74, 6) is -1.36. The molecule has 3 aromatic carbocycles. The number of benzene rings is 3. The Morgan fingerprint density at radius 2 is 1.31 bits per heavy atom. The smallest absolute Gasteiger partial charge is 0.277 e. The molecule has 0 aliphatic rings. The van der Waals surface area contributed by atoms with Crippen LogP contribution < -0.4 is 16.4 Å². The monoisotopic (exact) mass is 491 g/mol. The van der Waals surface area contributed by atoms with Crippen LogP contribution in [0.3, 0.4) is 0 Å². The van der Waals surface area contributed by atoms with Crippen molar-refractivity contribution in [1.29, 1.82) is 0 Å². The third kappa shape index (κ3) is 7.43. The van der Waals surface area contributed by atoms with Gasteiger partial charge >= 0.3 is 0 Å². The summed E-state index contributed by atoms with van der Waals surface area (Å²) in [6, 6.07) is 19.7. The Morgan fingerprint density at radius 3 is 1.81 bits per heavy atom. The van der Waals surface area contributed by atoms with E-state index in [4.69, 9.17) is 5.73 Å². The molecule has 0 fully saturated rings. The Labute approximate surface area is 206 Å². The number of hydrogen-bond donors (Lipinski definition) is 3. The van der Waals surface area contributed by atoms with Crippen LogP contribution in [0.2, 0.25) is 0 Å². The van der Waals surface area contributed by atoms with Crippen molar-refractivity contribution in [3.63, 3.8) is 0 Å². The van der Waals surface area contributed by atoms with Crippen LogP contribution >= 0.6 is 0 Å². The van der Waals surface area contributed by atoms with Crippen molar-refractivity contribution >= 4 is 23.2 Å². The van der Waals surface area contributed by atoms with E-state index in [1.807, 2.05) is 36.4 Å². The van der Waals surface area contributed by atoms with Gasteiger partial charge in [-0.1, -0.05) is 60.7 Å². The van der Waals surface area contributed by atoms with Gasteiger partial charge in [0.2, 0.25) is 5.91 Å². The van der Waals surface area contributed by atoms with Gasteiger partial charge in [-0.2, -0.15) is 0 Å². The van der Waals surface area contributed by atoms with Gasteiger partial charge in [0.05, 0.1) is 21.5 Å². The molecule has 0 aliphatic carbocycles. The number of nitrogens with one attached hydrogen (secondary N) is 2. The van der Waals surface area contributed by atoms with Crippen molar-refractivity contribution in [1.82, 2.24) is 10.6 Å². The van der Waals surface area contributed by atoms with Gasteiger partial charge in [-0.05, 0) is 17.5 Å². The lowest BCUT2D eigenvalue weighted by atomic mass is 10.0. The summed E-state index contributed by atoms with van der Waals surface area (Å²) in [7, 11) is 0. The molecule has 0 saturated heterocycles. The molecule has 0 aliphatic heterocycles. The van der Waals surface area contributed by atoms with Crippen LogP contribution in [0.15, 0.2) is 78.9 Å². The second-order valence-corrected chi connectivity index (χ2v) is 8.16. The average Bonchev–Trinajstić information content (AvgIpc) is 2.87. The van der Waals surface area contributed by atoms with Crippen molar-refractivity contribution in [2.45, 2.75) is 24.9 Å². The zero-order chi connectivity index (χ0) is 26.1. The lowest BCUT2D eigenvalue weighted by Gasteiger charge is -2.20. The summed E-state index contributed by atoms with van der Waals surface area (Å²) in [4.78, 5) is 46.6. The molecule has 0 heterocycles. The molecule has 2 atom stereocenters. The van der Waals surface area contributed by atoms with Gasteiger partial charge in [-0.15, -0.1) is 0 Å². The van der Waals surface area contributed by atoms with Gasteiger partial charge < -0.3 is 16.4 Å². The van der Waals surface area contributed by atoms with Crippen molar-refractivity contribution in [3.8, 4) is 0 Å². The third-order valence-corrected chi connectivity index (χ3v) is 5.37. The number of nitro benzene ring substituents is 2. The standard InChI is InChI=1S/C25H25N5O6/c26-20(11-17-7-3-1-4-8-17)16-27-25(32)23(12-18-9-5-2-6-10-18)28-24(31)19-13-21(29(33)34)15-22(14-19)30(35)36/h1-10,13-15,20,23H,11-12,16,26H2,(H,27,32)(H,28,31)/t20-,23+/m1/s1. The first kappa shape index (κ1) is 26.0. The maximum atomic E-state index is 13.0. The number of non-ortho nitro benzene ring substituents is 2. The molecule has 11 nitrogen and oxygen atoms in total. The number of nitrogens with two attached hydrogens (primary N) is 1. The number of amides is 2. The Balaban J connectivity index is 1.75. The molecular formula is C25H25N5O6. The summed E-state index contributed by atoms with van der Waals surface area (Å²) >= 11 is 0. The number of carbonyl (C=O) groups is 2. The SMILES string of the molecule is N[C@@H](CNC(=O)[C@H](Cc1ccccc1)NC(=O)c1cc([N+](=O)[O-])cc([N+](=O)[O-])c1)Cc1ccccc1. The zero-order valence-corrected chi connectivity index (χ0v) is 19.2. The van der Waals surface area contributed by atoms with E-state index in [0.29, 0.717) is 6.42 Å². The van der Waals surface area contributed by atoms with Crippen molar-refractivity contribution < 1.29 is 19.4 Å². The highest BCUT2D eigenvalue weighted by atomic mass is 16.6. The van der Waals surface area contributed by atoms with Gasteiger partial charge in [-0.25, -0.2) is 0 Å². The van der Waals surface area contributed by atoms with Gasteiger partial charge in [-0.3, -0.25) is 29.8 Å². The fraction of sp³-hybridized carbons (Fsp3) is 0.200. The quantitative estimate of drug-likeness (QED) is 0.273. The molecule has 4 N–H and O–H groups in total. The minimum absolute atomic E-state index is 0.128. The van der Waals surface area contributed by atoms with Crippen LogP contribution in [0.4, 0.5) is 11.4 Å². The van der Waals surface area contributed by atoms with E-state index in [2.05, 4.69) is 10.6 Å². The number of nitrogens with zero attached hydrogens (tertiary/aromatic N) is 2. The Morgan fingerprint density at radius 1 is 0.806 bits per heavy atom. The van der Waals surface area contributed by atoms with Crippen molar-refractivity contribution in [3.05, 3.63) is 116 Å². The molecule has 3 aromatic rings. The third-order valence-electron chi connectivity index (χ3n) is 5.37. The number of nitro groups is 2. The Bertz CT molecular complexity index is 1200. The van der Waals surface area contributed by atoms with E-state index < -0.39 is 39.1 Å². The molecule has 0 bridgehead atoms. The zero-order valence-electron chi connectivity index (χ0n) is 19.2. The first-order chi connectivity index (χ1) is 17.2. The molecule has 0 radical (unpaired) electrons. The van der Waals surface area contributed by atoms with E-state index in [1.165, 1.54) is 0 Å². The molecule has 11 heteroatoms. The predicted octanol–water partition coefficient (Wildman–Crippen LogP) is 2.53. The lowest BCUT2D eigenvalue weighted by molar-refractivity contribution is -0.394. The second kappa shape index (κ2) is 12.2. The maximum Gasteiger partial charge on any atom is 0.277 e. The minimum Gasteiger partial charge on any atom is -0.353 e. The van der Waals surface area contributed by atoms with Gasteiger partial charge in [0, 0.05) is 31.1 Å². The van der Waals surface area contributed by atoms with Crippen molar-refractivity contribution in [2.24, 2.45) is 5.73 Å². The summed E-state index contributed by atoms with van der Waals surface area (Å²) < 4.78 is 0. The van der Waals surface area contributed by atoms with Gasteiger partial charge in [0.15, 0.2) is 0 Å². The fourth-order valence-corrected chi connectivity index (χ4v) is 3.58. The number of hydrogen-bond acceptors (Lipinski definition) is 7. The van der Waals surface area contributed by atoms with Crippen LogP contribution in [0.5, 0.6) is 0 Å². The largest absolute Gasteiger partial charge is 0.353 e. The van der Waals surface area contributed by atoms with E-state index >= 15 is 0 Å². The van der Waals surface area contributed by atoms with Crippen molar-refractivity contribution in [2.75, 3.05) is 6.54 Å². The number of carbonyl (C=O) groups excluding carboxylic acids is 2. The first-order valence-electron chi connectivity index (χ1n) is 11.1. The average molecular weight is 492 g/mol. The summed E-state index contributed by atoms with van der Waals surface area (Å²) in [5, 5.41) is 27.6. The number of rotatable bonds is 11. The summed E-state index contributed by atoms with van der Waals surface area (Å²) in [6.07, 6.45) is 0.664. The molecule has 2 amide bonds. The fourth-order valence-electron chi connectivity index (χ4n) is 3.58. The topological polar surface area (TPSA) is 170 Å². The van der Waals surface area contributed by atoms with Crippen LogP contribution in [0.1, 0.15) is 21.5 Å². The molecule has 0 unspecified atom stereocenters. The molecule has 36 heavy (non-hydrogen) atoms. The van der Waals surface area contributed by atoms with E-state index in [9.17, 15) is 29.8 Å². The minimum atomic E-state index is -1.05. The Kier molecular flexibility index (Phi) is 8.79. The van der Waals surface area contributed by atoms with Gasteiger partial charge in [0.1, 0.15) is 6.04 Å². The maximum absolute atomic E-state index is 13.0. The lowest BCUT2D eigenvalue weighted by Crippen LogP contribution is -2.50. The summed E-state index contributed by atoms with van der Waals surface area (Å²) in [6.45, 7) is 0.150. The summed E-state index contributed by atoms with van der Waals surface area (Å²) in [5.41, 5.74) is 6.42. The molecule has 3 rings (SSSR count). The normalized spacial score (nSPS) is 12.2. The van der Waals surface area contributed by atoms with E-state index in [-0.39, 0.29) is 24.6 Å². The van der Waals surface area contributed by atoms with Crippen LogP contribution in [0, 0.1) is 20.2 Å². The highest BCUT2D eigenvalue weighted by Crippen LogP contribution is 2.23. The highest BCUT2D eigenvalue weighted by molar-refractivity contribution is 5.98. The molecule has 0 spiro atoms. The molecule has 0 saturated carbocycles. The molecule has 186 valence electrons. The van der Waals surface area contributed by atoms with Crippen LogP contribution in [0.25, 0.3) is 0 Å². The van der Waals surface area contributed by atoms with Gasteiger partial charge in [0.25, 0.3) is 17.3 Å².